The quantitative estimate of drug-likeness (QED) is 0.667. The molecule has 2 aromatic rings. The Bertz CT molecular complexity index is 759. The van der Waals surface area contributed by atoms with E-state index in [1.165, 1.54) is 12.1 Å². The molecule has 0 fully saturated rings. The molecule has 1 aromatic heterocycles. The number of halogens is 2. The van der Waals surface area contributed by atoms with E-state index in [1.807, 2.05) is 6.07 Å². The van der Waals surface area contributed by atoms with Crippen LogP contribution in [0.1, 0.15) is 31.4 Å². The van der Waals surface area contributed by atoms with Crippen LogP contribution in [0.25, 0.3) is 0 Å². The topological polar surface area (TPSA) is 33.5 Å². The van der Waals surface area contributed by atoms with E-state index in [-0.39, 0.29) is 16.6 Å². The zero-order chi connectivity index (χ0) is 17.6. The van der Waals surface area contributed by atoms with Crippen LogP contribution < -0.4 is 0 Å². The second-order valence-corrected chi connectivity index (χ2v) is 6.88. The number of carbonyl (C=O) groups excluding carboxylic acids is 1. The fourth-order valence-electron chi connectivity index (χ4n) is 2.78. The Balaban J connectivity index is 1.70. The van der Waals surface area contributed by atoms with Gasteiger partial charge in [-0.1, -0.05) is 6.08 Å². The smallest absolute Gasteiger partial charge is 0.237 e. The molecule has 1 aromatic carbocycles. The van der Waals surface area contributed by atoms with Crippen molar-refractivity contribution in [3.8, 4) is 0 Å². The minimum atomic E-state index is -0.646. The Morgan fingerprint density at radius 3 is 2.80 bits per heavy atom. The molecule has 1 aliphatic rings. The third-order valence-electron chi connectivity index (χ3n) is 4.05. The van der Waals surface area contributed by atoms with Gasteiger partial charge in [0.1, 0.15) is 17.4 Å². The van der Waals surface area contributed by atoms with Crippen molar-refractivity contribution < 1.29 is 18.0 Å². The normalized spacial score (nSPS) is 14.2. The number of carbonyl (C=O) groups is 1. The summed E-state index contributed by atoms with van der Waals surface area (Å²) < 4.78 is 32.1. The molecule has 0 saturated heterocycles. The van der Waals surface area contributed by atoms with E-state index in [2.05, 4.69) is 6.08 Å². The zero-order valence-electron chi connectivity index (χ0n) is 13.7. The average Bonchev–Trinajstić information content (AvgIpc) is 3.13. The number of thioether (sulfide) groups is 1. The summed E-state index contributed by atoms with van der Waals surface area (Å²) >= 11 is 1.08. The lowest BCUT2D eigenvalue weighted by atomic mass is 10.0. The Kier molecular flexibility index (Phi) is 5.91. The molecule has 132 valence electrons. The number of rotatable bonds is 6. The molecule has 0 atom stereocenters. The summed E-state index contributed by atoms with van der Waals surface area (Å²) in [5, 5.41) is 0. The van der Waals surface area contributed by atoms with E-state index < -0.39 is 11.6 Å². The van der Waals surface area contributed by atoms with Gasteiger partial charge in [-0.05, 0) is 49.9 Å². The maximum atomic E-state index is 13.7. The van der Waals surface area contributed by atoms with Gasteiger partial charge in [0.25, 0.3) is 0 Å². The molecule has 0 unspecified atom stereocenters. The molecule has 3 nitrogen and oxygen atoms in total. The van der Waals surface area contributed by atoms with Gasteiger partial charge in [-0.3, -0.25) is 4.79 Å². The van der Waals surface area contributed by atoms with Crippen molar-refractivity contribution in [3.05, 3.63) is 65.8 Å². The second kappa shape index (κ2) is 8.34. The van der Waals surface area contributed by atoms with Crippen molar-refractivity contribution in [2.45, 2.75) is 37.1 Å². The van der Waals surface area contributed by atoms with E-state index >= 15 is 0 Å². The number of benzene rings is 1. The summed E-state index contributed by atoms with van der Waals surface area (Å²) in [6, 6.07) is 7.00. The highest BCUT2D eigenvalue weighted by Crippen LogP contribution is 2.27. The average molecular weight is 363 g/mol. The van der Waals surface area contributed by atoms with Crippen LogP contribution in [0, 0.1) is 11.6 Å². The second-order valence-electron chi connectivity index (χ2n) is 5.86. The molecule has 0 bridgehead atoms. The third-order valence-corrected chi connectivity index (χ3v) is 5.09. The van der Waals surface area contributed by atoms with Crippen molar-refractivity contribution >= 4 is 17.7 Å². The molecule has 25 heavy (non-hydrogen) atoms. The van der Waals surface area contributed by atoms with Crippen LogP contribution in [0.4, 0.5) is 8.78 Å². The first-order valence-electron chi connectivity index (χ1n) is 8.23. The molecule has 6 heteroatoms. The van der Waals surface area contributed by atoms with E-state index in [0.29, 0.717) is 12.3 Å². The summed E-state index contributed by atoms with van der Waals surface area (Å²) in [7, 11) is 0. The van der Waals surface area contributed by atoms with Gasteiger partial charge < -0.3 is 9.32 Å². The van der Waals surface area contributed by atoms with Crippen LogP contribution in [0.3, 0.4) is 0 Å². The van der Waals surface area contributed by atoms with Crippen molar-refractivity contribution in [2.24, 2.45) is 0 Å². The van der Waals surface area contributed by atoms with Crippen LogP contribution in [0.2, 0.25) is 0 Å². The maximum absolute atomic E-state index is 13.7. The van der Waals surface area contributed by atoms with Crippen molar-refractivity contribution in [2.75, 3.05) is 5.75 Å². The zero-order valence-corrected chi connectivity index (χ0v) is 14.5. The Morgan fingerprint density at radius 2 is 2.12 bits per heavy atom. The predicted molar refractivity (Wildman–Crippen MR) is 92.9 cm³/mol. The van der Waals surface area contributed by atoms with E-state index in [0.717, 1.165) is 49.2 Å². The first-order valence-corrected chi connectivity index (χ1v) is 9.21. The number of amides is 1. The molecule has 0 radical (unpaired) electrons. The van der Waals surface area contributed by atoms with Gasteiger partial charge in [-0.25, -0.2) is 8.78 Å². The van der Waals surface area contributed by atoms with Crippen LogP contribution in [0.15, 0.2) is 57.7 Å². The lowest BCUT2D eigenvalue weighted by Gasteiger charge is -2.27. The first-order chi connectivity index (χ1) is 12.1. The summed E-state index contributed by atoms with van der Waals surface area (Å²) in [6.07, 6.45) is 7.65. The molecule has 0 aliphatic heterocycles. The van der Waals surface area contributed by atoms with Gasteiger partial charge in [-0.15, -0.1) is 11.8 Å². The standard InChI is InChI=1S/C19H19F2NO2S/c20-14-8-9-18(17(21)11-14)25-13-19(23)22(12-16-7-4-10-24-16)15-5-2-1-3-6-15/h4-5,7-11H,1-3,6,12-13H2. The largest absolute Gasteiger partial charge is 0.467 e. The first kappa shape index (κ1) is 17.7. The summed E-state index contributed by atoms with van der Waals surface area (Å²) in [5.74, 6) is -0.594. The number of hydrogen-bond acceptors (Lipinski definition) is 3. The fraction of sp³-hybridized carbons (Fsp3) is 0.316. The number of allylic oxidation sites excluding steroid dienone is 2. The van der Waals surface area contributed by atoms with Gasteiger partial charge in [0.2, 0.25) is 5.91 Å². The predicted octanol–water partition coefficient (Wildman–Crippen LogP) is 5.14. The highest BCUT2D eigenvalue weighted by atomic mass is 32.2. The molecule has 0 saturated carbocycles. The van der Waals surface area contributed by atoms with Gasteiger partial charge in [0.05, 0.1) is 18.6 Å². The van der Waals surface area contributed by atoms with Crippen LogP contribution >= 0.6 is 11.8 Å². The maximum Gasteiger partial charge on any atom is 0.237 e. The summed E-state index contributed by atoms with van der Waals surface area (Å²) in [5.41, 5.74) is 0.993. The Morgan fingerprint density at radius 1 is 1.24 bits per heavy atom. The molecule has 3 rings (SSSR count). The molecule has 0 spiro atoms. The summed E-state index contributed by atoms with van der Waals surface area (Å²) in [6.45, 7) is 0.365. The van der Waals surface area contributed by atoms with Crippen LogP contribution in [0.5, 0.6) is 0 Å². The SMILES string of the molecule is O=C(CSc1ccc(F)cc1F)N(Cc1ccco1)C1=CCCCC1. The minimum absolute atomic E-state index is 0.0839. The highest BCUT2D eigenvalue weighted by Gasteiger charge is 2.21. The van der Waals surface area contributed by atoms with Gasteiger partial charge in [0, 0.05) is 16.7 Å². The Hall–Kier alpha value is -2.08. The van der Waals surface area contributed by atoms with Crippen molar-refractivity contribution in [1.82, 2.24) is 4.90 Å². The van der Waals surface area contributed by atoms with E-state index in [9.17, 15) is 13.6 Å². The number of furan rings is 1. The molecule has 0 N–H and O–H groups in total. The third kappa shape index (κ3) is 4.72. The number of hydrogen-bond donors (Lipinski definition) is 0. The van der Waals surface area contributed by atoms with Crippen LogP contribution in [-0.4, -0.2) is 16.6 Å². The summed E-state index contributed by atoms with van der Waals surface area (Å²) in [4.78, 5) is 14.7. The molecular formula is C19H19F2NO2S. The molecule has 1 heterocycles. The molecule has 1 aliphatic carbocycles. The van der Waals surface area contributed by atoms with Gasteiger partial charge >= 0.3 is 0 Å². The molecule has 1 amide bonds. The highest BCUT2D eigenvalue weighted by molar-refractivity contribution is 8.00. The molecular weight excluding hydrogens is 344 g/mol. The lowest BCUT2D eigenvalue weighted by molar-refractivity contribution is -0.127. The van der Waals surface area contributed by atoms with E-state index in [1.54, 1.807) is 17.2 Å². The Labute approximate surface area is 149 Å². The van der Waals surface area contributed by atoms with Crippen molar-refractivity contribution in [1.29, 1.82) is 0 Å². The fourth-order valence-corrected chi connectivity index (χ4v) is 3.58. The van der Waals surface area contributed by atoms with E-state index in [4.69, 9.17) is 4.42 Å². The lowest BCUT2D eigenvalue weighted by Crippen LogP contribution is -2.32. The minimum Gasteiger partial charge on any atom is -0.467 e. The monoisotopic (exact) mass is 363 g/mol. The van der Waals surface area contributed by atoms with Gasteiger partial charge in [-0.2, -0.15) is 0 Å². The van der Waals surface area contributed by atoms with Crippen molar-refractivity contribution in [3.63, 3.8) is 0 Å². The van der Waals surface area contributed by atoms with Gasteiger partial charge in [0.15, 0.2) is 0 Å². The number of nitrogens with zero attached hydrogens (tertiary/aromatic N) is 1. The van der Waals surface area contributed by atoms with Crippen LogP contribution in [-0.2, 0) is 11.3 Å².